The van der Waals surface area contributed by atoms with Crippen molar-refractivity contribution < 1.29 is 18.8 Å². The Morgan fingerprint density at radius 2 is 1.77 bits per heavy atom. The van der Waals surface area contributed by atoms with Crippen molar-refractivity contribution in [2.24, 2.45) is 0 Å². The summed E-state index contributed by atoms with van der Waals surface area (Å²) >= 11 is 0. The second-order valence-corrected chi connectivity index (χ2v) is 14.1. The number of ether oxygens (including phenoxy) is 1. The number of carbonyl (C=O) groups excluding carboxylic acids is 2. The maximum Gasteiger partial charge on any atom is 0.417 e. The quantitative estimate of drug-likeness (QED) is 0.431. The second kappa shape index (κ2) is 9.10. The standard InChI is InChI=1S/C25H31NO4Si/c1-25(2,3)31(4,5)30-22-14-11-19(12-15-22)13-16-23(27)26-21(18-29-24(26)28)17-20-9-7-6-8-10-20/h6-16,21H,17-18H2,1-5H3/t21-/m0/s1. The first kappa shape index (κ1) is 22.8. The molecule has 0 radical (unpaired) electrons. The maximum atomic E-state index is 12.7. The van der Waals surface area contributed by atoms with E-state index in [1.807, 2.05) is 54.6 Å². The molecule has 2 amide bonds. The molecule has 1 fully saturated rings. The Morgan fingerprint density at radius 1 is 1.13 bits per heavy atom. The van der Waals surface area contributed by atoms with Gasteiger partial charge in [-0.1, -0.05) is 63.2 Å². The van der Waals surface area contributed by atoms with E-state index in [9.17, 15) is 9.59 Å². The zero-order valence-electron chi connectivity index (χ0n) is 18.9. The third kappa shape index (κ3) is 5.64. The van der Waals surface area contributed by atoms with E-state index in [1.54, 1.807) is 6.08 Å². The molecule has 31 heavy (non-hydrogen) atoms. The lowest BCUT2D eigenvalue weighted by atomic mass is 10.1. The molecule has 164 valence electrons. The van der Waals surface area contributed by atoms with Gasteiger partial charge < -0.3 is 9.16 Å². The Bertz CT molecular complexity index is 946. The highest BCUT2D eigenvalue weighted by molar-refractivity contribution is 6.74. The van der Waals surface area contributed by atoms with Crippen molar-refractivity contribution >= 4 is 26.4 Å². The summed E-state index contributed by atoms with van der Waals surface area (Å²) in [6.07, 6.45) is 3.12. The summed E-state index contributed by atoms with van der Waals surface area (Å²) in [5.74, 6) is 0.464. The minimum atomic E-state index is -1.90. The molecule has 0 saturated carbocycles. The van der Waals surface area contributed by atoms with Crippen LogP contribution >= 0.6 is 0 Å². The molecule has 1 aliphatic rings. The van der Waals surface area contributed by atoms with Crippen molar-refractivity contribution in [1.29, 1.82) is 0 Å². The predicted molar refractivity (Wildman–Crippen MR) is 125 cm³/mol. The molecule has 0 N–H and O–H groups in total. The number of hydrogen-bond donors (Lipinski definition) is 0. The number of imide groups is 1. The zero-order chi connectivity index (χ0) is 22.6. The van der Waals surface area contributed by atoms with Gasteiger partial charge in [-0.2, -0.15) is 0 Å². The summed E-state index contributed by atoms with van der Waals surface area (Å²) in [7, 11) is -1.90. The Balaban J connectivity index is 1.65. The monoisotopic (exact) mass is 437 g/mol. The summed E-state index contributed by atoms with van der Waals surface area (Å²) in [6.45, 7) is 11.2. The first-order chi connectivity index (χ1) is 14.6. The van der Waals surface area contributed by atoms with Crippen molar-refractivity contribution in [2.45, 2.75) is 51.4 Å². The Morgan fingerprint density at radius 3 is 2.39 bits per heavy atom. The lowest BCUT2D eigenvalue weighted by molar-refractivity contribution is -0.124. The largest absolute Gasteiger partial charge is 0.544 e. The van der Waals surface area contributed by atoms with Gasteiger partial charge in [0.05, 0.1) is 6.04 Å². The topological polar surface area (TPSA) is 55.8 Å². The van der Waals surface area contributed by atoms with E-state index in [0.29, 0.717) is 6.42 Å². The van der Waals surface area contributed by atoms with Gasteiger partial charge in [0.25, 0.3) is 5.91 Å². The molecule has 1 saturated heterocycles. The molecule has 5 nitrogen and oxygen atoms in total. The van der Waals surface area contributed by atoms with Crippen LogP contribution < -0.4 is 4.43 Å². The van der Waals surface area contributed by atoms with E-state index in [0.717, 1.165) is 16.9 Å². The Hall–Kier alpha value is -2.86. The van der Waals surface area contributed by atoms with Gasteiger partial charge in [0.15, 0.2) is 0 Å². The second-order valence-electron chi connectivity index (χ2n) is 9.39. The highest BCUT2D eigenvalue weighted by Crippen LogP contribution is 2.37. The maximum absolute atomic E-state index is 12.7. The third-order valence-corrected chi connectivity index (χ3v) is 10.3. The number of amides is 2. The number of carbonyl (C=O) groups is 2. The fourth-order valence-corrected chi connectivity index (χ4v) is 4.14. The molecule has 0 aromatic heterocycles. The first-order valence-corrected chi connectivity index (χ1v) is 13.5. The number of nitrogens with zero attached hydrogens (tertiary/aromatic N) is 1. The van der Waals surface area contributed by atoms with Crippen LogP contribution in [0.3, 0.4) is 0 Å². The predicted octanol–water partition coefficient (Wildman–Crippen LogP) is 5.67. The molecule has 0 unspecified atom stereocenters. The van der Waals surface area contributed by atoms with Gasteiger partial charge in [-0.25, -0.2) is 9.69 Å². The number of hydrogen-bond acceptors (Lipinski definition) is 4. The number of rotatable bonds is 6. The normalized spacial score (nSPS) is 17.1. The van der Waals surface area contributed by atoms with E-state index in [2.05, 4.69) is 33.9 Å². The first-order valence-electron chi connectivity index (χ1n) is 10.6. The van der Waals surface area contributed by atoms with Gasteiger partial charge in [-0.3, -0.25) is 4.79 Å². The van der Waals surface area contributed by atoms with Gasteiger partial charge in [-0.15, -0.1) is 0 Å². The summed E-state index contributed by atoms with van der Waals surface area (Å²) < 4.78 is 11.4. The molecule has 1 atom stereocenters. The van der Waals surface area contributed by atoms with Gasteiger partial charge >= 0.3 is 6.09 Å². The van der Waals surface area contributed by atoms with Crippen LogP contribution in [0, 0.1) is 0 Å². The fraction of sp³-hybridized carbons (Fsp3) is 0.360. The summed E-state index contributed by atoms with van der Waals surface area (Å²) in [6, 6.07) is 17.2. The lowest BCUT2D eigenvalue weighted by Crippen LogP contribution is -2.43. The summed E-state index contributed by atoms with van der Waals surface area (Å²) in [5.41, 5.74) is 1.92. The molecule has 2 aromatic carbocycles. The zero-order valence-corrected chi connectivity index (χ0v) is 19.9. The highest BCUT2D eigenvalue weighted by atomic mass is 28.4. The van der Waals surface area contributed by atoms with Crippen molar-refractivity contribution in [3.8, 4) is 5.75 Å². The number of cyclic esters (lactones) is 1. The van der Waals surface area contributed by atoms with Crippen molar-refractivity contribution in [2.75, 3.05) is 6.61 Å². The van der Waals surface area contributed by atoms with Crippen molar-refractivity contribution in [3.05, 3.63) is 71.8 Å². The van der Waals surface area contributed by atoms with E-state index in [-0.39, 0.29) is 23.6 Å². The van der Waals surface area contributed by atoms with Crippen molar-refractivity contribution in [3.63, 3.8) is 0 Å². The fourth-order valence-electron chi connectivity index (χ4n) is 3.11. The molecule has 3 rings (SSSR count). The molecule has 1 aliphatic heterocycles. The lowest BCUT2D eigenvalue weighted by Gasteiger charge is -2.36. The summed E-state index contributed by atoms with van der Waals surface area (Å²) in [5, 5.41) is 0.124. The average Bonchev–Trinajstić information content (AvgIpc) is 3.07. The highest BCUT2D eigenvalue weighted by Gasteiger charge is 2.39. The minimum absolute atomic E-state index is 0.124. The molecule has 0 aliphatic carbocycles. The van der Waals surface area contributed by atoms with Gasteiger partial charge in [-0.05, 0) is 53.9 Å². The van der Waals surface area contributed by atoms with E-state index >= 15 is 0 Å². The Labute approximate surface area is 185 Å². The van der Waals surface area contributed by atoms with Crippen LogP contribution in [0.1, 0.15) is 31.9 Å². The van der Waals surface area contributed by atoms with E-state index in [1.165, 1.54) is 11.0 Å². The molecule has 2 aromatic rings. The van der Waals surface area contributed by atoms with Gasteiger partial charge in [0.2, 0.25) is 8.32 Å². The molecule has 0 bridgehead atoms. The smallest absolute Gasteiger partial charge is 0.417 e. The van der Waals surface area contributed by atoms with Crippen LogP contribution in [-0.4, -0.2) is 37.9 Å². The molecule has 6 heteroatoms. The van der Waals surface area contributed by atoms with E-state index in [4.69, 9.17) is 9.16 Å². The van der Waals surface area contributed by atoms with E-state index < -0.39 is 14.4 Å². The van der Waals surface area contributed by atoms with Crippen molar-refractivity contribution in [1.82, 2.24) is 4.90 Å². The number of benzene rings is 2. The summed E-state index contributed by atoms with van der Waals surface area (Å²) in [4.78, 5) is 26.0. The minimum Gasteiger partial charge on any atom is -0.544 e. The molecular formula is C25H31NO4Si. The SMILES string of the molecule is CC(C)(C)[Si](C)(C)Oc1ccc(C=CC(=O)N2C(=O)OC[C@@H]2Cc2ccccc2)cc1. The van der Waals surface area contributed by atoms with Crippen LogP contribution in [0.2, 0.25) is 18.1 Å². The van der Waals surface area contributed by atoms with Gasteiger partial charge in [0, 0.05) is 6.08 Å². The van der Waals surface area contributed by atoms with Crippen LogP contribution in [0.25, 0.3) is 6.08 Å². The molecule has 1 heterocycles. The molecular weight excluding hydrogens is 406 g/mol. The average molecular weight is 438 g/mol. The van der Waals surface area contributed by atoms with Crippen LogP contribution in [-0.2, 0) is 16.0 Å². The van der Waals surface area contributed by atoms with Crippen LogP contribution in [0.15, 0.2) is 60.7 Å². The van der Waals surface area contributed by atoms with Crippen LogP contribution in [0.4, 0.5) is 4.79 Å². The van der Waals surface area contributed by atoms with Crippen LogP contribution in [0.5, 0.6) is 5.75 Å². The van der Waals surface area contributed by atoms with Gasteiger partial charge in [0.1, 0.15) is 12.4 Å². The Kier molecular flexibility index (Phi) is 6.70. The molecule has 0 spiro atoms. The third-order valence-electron chi connectivity index (χ3n) is 5.99.